The van der Waals surface area contributed by atoms with E-state index in [1.165, 1.54) is 0 Å². The zero-order chi connectivity index (χ0) is 13.6. The van der Waals surface area contributed by atoms with Gasteiger partial charge in [-0.1, -0.05) is 38.9 Å². The molecule has 1 aromatic rings. The van der Waals surface area contributed by atoms with Crippen LogP contribution in [0.5, 0.6) is 0 Å². The Morgan fingerprint density at radius 1 is 0.762 bits per heavy atom. The van der Waals surface area contributed by atoms with Gasteiger partial charge in [-0.25, -0.2) is 0 Å². The summed E-state index contributed by atoms with van der Waals surface area (Å²) in [5.74, 6) is 7.92. The minimum absolute atomic E-state index is 0.755. The summed E-state index contributed by atoms with van der Waals surface area (Å²) < 4.78 is 0. The highest BCUT2D eigenvalue weighted by Crippen LogP contribution is 2.76. The third kappa shape index (κ3) is 1.42. The summed E-state index contributed by atoms with van der Waals surface area (Å²) in [6, 6.07) is 11.5. The Labute approximate surface area is 129 Å². The Bertz CT molecular complexity index is 555. The number of hydrogen-bond acceptors (Lipinski definition) is 0. The van der Waals surface area contributed by atoms with Crippen LogP contribution in [0.25, 0.3) is 0 Å². The normalized spacial score (nSPS) is 55.9. The highest BCUT2D eigenvalue weighted by molar-refractivity contribution is 7.49. The topological polar surface area (TPSA) is 0 Å². The van der Waals surface area contributed by atoms with Crippen molar-refractivity contribution < 1.29 is 0 Å². The summed E-state index contributed by atoms with van der Waals surface area (Å²) in [5, 5.41) is 2.41. The highest BCUT2D eigenvalue weighted by Gasteiger charge is 2.69. The third-order valence-electron chi connectivity index (χ3n) is 8.23. The Kier molecular flexibility index (Phi) is 2.27. The average molecular weight is 296 g/mol. The monoisotopic (exact) mass is 296 g/mol. The van der Waals surface area contributed by atoms with E-state index in [1.54, 1.807) is 43.8 Å². The van der Waals surface area contributed by atoms with E-state index in [1.807, 2.05) is 0 Å². The molecule has 8 rings (SSSR count). The lowest BCUT2D eigenvalue weighted by atomic mass is 9.35. The summed E-state index contributed by atoms with van der Waals surface area (Å²) in [4.78, 5) is 0. The van der Waals surface area contributed by atoms with Gasteiger partial charge in [0.1, 0.15) is 0 Å². The Balaban J connectivity index is 1.47. The second kappa shape index (κ2) is 3.94. The van der Waals surface area contributed by atoms with Crippen LogP contribution < -0.4 is 5.30 Å². The van der Waals surface area contributed by atoms with Gasteiger partial charge in [0, 0.05) is 0 Å². The molecule has 5 unspecified atom stereocenters. The maximum Gasteiger partial charge on any atom is -0.00168 e. The minimum Gasteiger partial charge on any atom is -0.0834 e. The van der Waals surface area contributed by atoms with Crippen LogP contribution in [0.1, 0.15) is 38.5 Å². The fourth-order valence-electron chi connectivity index (χ4n) is 7.98. The lowest BCUT2D eigenvalue weighted by Crippen LogP contribution is -2.69. The molecule has 5 atom stereocenters. The van der Waals surface area contributed by atoms with Gasteiger partial charge in [-0.05, 0) is 90.4 Å². The molecular weight excluding hydrogens is 271 g/mol. The summed E-state index contributed by atoms with van der Waals surface area (Å²) in [6.45, 7) is 0. The first kappa shape index (κ1) is 12.1. The SMILES string of the molecule is c1ccc(PC23CC4CC5C6CC(CC52)CC3C6C4)cc1. The maximum absolute atomic E-state index is 2.41. The van der Waals surface area contributed by atoms with Crippen LogP contribution in [-0.2, 0) is 0 Å². The van der Waals surface area contributed by atoms with Crippen LogP contribution in [0.2, 0.25) is 0 Å². The predicted octanol–water partition coefficient (Wildman–Crippen LogP) is 4.45. The van der Waals surface area contributed by atoms with Gasteiger partial charge in [-0.15, -0.1) is 0 Å². The summed E-state index contributed by atoms with van der Waals surface area (Å²) >= 11 is 0. The van der Waals surface area contributed by atoms with Crippen LogP contribution >= 0.6 is 8.58 Å². The van der Waals surface area contributed by atoms with Gasteiger partial charge in [0.2, 0.25) is 0 Å². The van der Waals surface area contributed by atoms with Gasteiger partial charge in [0.25, 0.3) is 0 Å². The fourth-order valence-corrected chi connectivity index (χ4v) is 10.3. The molecule has 0 aliphatic heterocycles. The molecule has 0 saturated heterocycles. The Hall–Kier alpha value is -0.350. The molecule has 7 fully saturated rings. The molecule has 0 radical (unpaired) electrons. The molecule has 1 heteroatoms. The maximum atomic E-state index is 2.41. The molecule has 0 amide bonds. The van der Waals surface area contributed by atoms with E-state index >= 15 is 0 Å². The van der Waals surface area contributed by atoms with Gasteiger partial charge >= 0.3 is 0 Å². The molecule has 7 aliphatic carbocycles. The first-order chi connectivity index (χ1) is 10.3. The Morgan fingerprint density at radius 3 is 2.14 bits per heavy atom. The van der Waals surface area contributed by atoms with Crippen molar-refractivity contribution in [1.82, 2.24) is 0 Å². The molecular formula is C20H25P. The molecule has 7 aliphatic rings. The molecule has 8 bridgehead atoms. The molecule has 0 nitrogen and oxygen atoms in total. The number of benzene rings is 1. The third-order valence-corrected chi connectivity index (χ3v) is 10.3. The van der Waals surface area contributed by atoms with Crippen LogP contribution in [0.15, 0.2) is 30.3 Å². The van der Waals surface area contributed by atoms with Gasteiger partial charge < -0.3 is 0 Å². The minimum atomic E-state index is 0.755. The van der Waals surface area contributed by atoms with Crippen molar-refractivity contribution in [2.75, 3.05) is 0 Å². The molecule has 110 valence electrons. The predicted molar refractivity (Wildman–Crippen MR) is 89.3 cm³/mol. The smallest absolute Gasteiger partial charge is 0.00168 e. The molecule has 0 N–H and O–H groups in total. The van der Waals surface area contributed by atoms with Crippen LogP contribution in [-0.4, -0.2) is 5.16 Å². The van der Waals surface area contributed by atoms with Gasteiger partial charge in [-0.2, -0.15) is 0 Å². The largest absolute Gasteiger partial charge is 0.0834 e. The Morgan fingerprint density at radius 2 is 1.43 bits per heavy atom. The van der Waals surface area contributed by atoms with Crippen LogP contribution in [0.3, 0.4) is 0 Å². The lowest BCUT2D eigenvalue weighted by molar-refractivity contribution is -0.187. The van der Waals surface area contributed by atoms with Gasteiger partial charge in [0.15, 0.2) is 0 Å². The molecule has 21 heavy (non-hydrogen) atoms. The van der Waals surface area contributed by atoms with Crippen molar-refractivity contribution in [2.24, 2.45) is 41.4 Å². The van der Waals surface area contributed by atoms with Crippen molar-refractivity contribution in [3.05, 3.63) is 30.3 Å². The first-order valence-corrected chi connectivity index (χ1v) is 10.2. The van der Waals surface area contributed by atoms with E-state index in [9.17, 15) is 0 Å². The summed E-state index contributed by atoms with van der Waals surface area (Å²) in [5.41, 5.74) is 0. The van der Waals surface area contributed by atoms with Gasteiger partial charge in [0.05, 0.1) is 0 Å². The van der Waals surface area contributed by atoms with E-state index in [0.29, 0.717) is 0 Å². The van der Waals surface area contributed by atoms with E-state index in [-0.39, 0.29) is 0 Å². The van der Waals surface area contributed by atoms with Crippen molar-refractivity contribution in [1.29, 1.82) is 0 Å². The van der Waals surface area contributed by atoms with E-state index < -0.39 is 0 Å². The van der Waals surface area contributed by atoms with Crippen LogP contribution in [0, 0.1) is 41.4 Å². The molecule has 0 spiro atoms. The van der Waals surface area contributed by atoms with Crippen molar-refractivity contribution >= 4 is 13.9 Å². The zero-order valence-corrected chi connectivity index (χ0v) is 13.7. The van der Waals surface area contributed by atoms with Crippen molar-refractivity contribution in [2.45, 2.75) is 43.7 Å². The molecule has 1 aromatic carbocycles. The summed E-state index contributed by atoms with van der Waals surface area (Å²) in [6.07, 6.45) is 9.67. The lowest BCUT2D eigenvalue weighted by Gasteiger charge is -2.74. The standard InChI is InChI=1S/C20H25P/c1-2-4-14(5-3-1)21-20-11-13-7-16-15-6-12(9-18(16)20)10-19(20)17(15)8-13/h1-5,12-13,15-19,21H,6-11H2. The van der Waals surface area contributed by atoms with E-state index in [2.05, 4.69) is 30.3 Å². The molecule has 0 heterocycles. The van der Waals surface area contributed by atoms with E-state index in [4.69, 9.17) is 0 Å². The quantitative estimate of drug-likeness (QED) is 0.707. The molecule has 0 aromatic heterocycles. The van der Waals surface area contributed by atoms with Crippen molar-refractivity contribution in [3.8, 4) is 0 Å². The van der Waals surface area contributed by atoms with Crippen LogP contribution in [0.4, 0.5) is 0 Å². The second-order valence-electron chi connectivity index (χ2n) is 8.85. The van der Waals surface area contributed by atoms with Crippen molar-refractivity contribution in [3.63, 3.8) is 0 Å². The first-order valence-electron chi connectivity index (χ1n) is 9.17. The second-order valence-corrected chi connectivity index (χ2v) is 10.6. The summed E-state index contributed by atoms with van der Waals surface area (Å²) in [7, 11) is 1.11. The molecule has 7 saturated carbocycles. The highest BCUT2D eigenvalue weighted by atomic mass is 31.1. The van der Waals surface area contributed by atoms with Gasteiger partial charge in [-0.3, -0.25) is 0 Å². The number of hydrogen-bond donors (Lipinski definition) is 0. The average Bonchev–Trinajstić information content (AvgIpc) is 2.53. The fraction of sp³-hybridized carbons (Fsp3) is 0.700. The van der Waals surface area contributed by atoms with E-state index in [0.717, 1.165) is 55.2 Å². The zero-order valence-electron chi connectivity index (χ0n) is 12.7. The number of rotatable bonds is 2.